The van der Waals surface area contributed by atoms with Crippen molar-refractivity contribution in [3.8, 4) is 0 Å². The number of allylic oxidation sites excluding steroid dienone is 5. The van der Waals surface area contributed by atoms with Crippen LogP contribution in [-0.2, 0) is 4.79 Å². The topological polar surface area (TPSA) is 29.1 Å². The molecule has 0 saturated heterocycles. The van der Waals surface area contributed by atoms with Gasteiger partial charge in [-0.25, -0.2) is 0 Å². The first kappa shape index (κ1) is 12.7. The first-order valence-corrected chi connectivity index (χ1v) is 4.97. The van der Waals surface area contributed by atoms with Gasteiger partial charge in [0, 0.05) is 7.05 Å². The number of carbonyl (C=O) groups is 1. The molecule has 1 N–H and O–H groups in total. The van der Waals surface area contributed by atoms with E-state index in [1.54, 1.807) is 13.1 Å². The van der Waals surface area contributed by atoms with Crippen LogP contribution in [0.1, 0.15) is 26.2 Å². The molecule has 0 heterocycles. The normalized spacial score (nSPS) is 11.9. The van der Waals surface area contributed by atoms with Crippen LogP contribution in [0.5, 0.6) is 0 Å². The van der Waals surface area contributed by atoms with E-state index in [1.807, 2.05) is 31.2 Å². The molecule has 0 fully saturated rings. The Morgan fingerprint density at radius 2 is 1.93 bits per heavy atom. The summed E-state index contributed by atoms with van der Waals surface area (Å²) in [7, 11) is 1.63. The highest BCUT2D eigenvalue weighted by Gasteiger charge is 1.86. The molecular weight excluding hydrogens is 174 g/mol. The van der Waals surface area contributed by atoms with Gasteiger partial charge >= 0.3 is 0 Å². The van der Waals surface area contributed by atoms with E-state index in [-0.39, 0.29) is 5.91 Å². The Morgan fingerprint density at radius 3 is 2.57 bits per heavy atom. The standard InChI is InChI=1S/C12H19NO/c1-3-4-5-6-7-8-9-10-11-12(14)13-2/h3-6,10-11H,7-9H2,1-2H3,(H,13,14). The second-order valence-electron chi connectivity index (χ2n) is 2.90. The largest absolute Gasteiger partial charge is 0.356 e. The third kappa shape index (κ3) is 8.78. The fraction of sp³-hybridized carbons (Fsp3) is 0.417. The zero-order valence-electron chi connectivity index (χ0n) is 8.99. The molecule has 0 atom stereocenters. The summed E-state index contributed by atoms with van der Waals surface area (Å²) in [6, 6.07) is 0. The van der Waals surface area contributed by atoms with Crippen LogP contribution in [0, 0.1) is 0 Å². The summed E-state index contributed by atoms with van der Waals surface area (Å²) >= 11 is 0. The number of amides is 1. The van der Waals surface area contributed by atoms with E-state index in [4.69, 9.17) is 0 Å². The molecule has 0 rings (SSSR count). The highest BCUT2D eigenvalue weighted by atomic mass is 16.1. The highest BCUT2D eigenvalue weighted by Crippen LogP contribution is 1.97. The van der Waals surface area contributed by atoms with E-state index < -0.39 is 0 Å². The highest BCUT2D eigenvalue weighted by molar-refractivity contribution is 5.87. The lowest BCUT2D eigenvalue weighted by Gasteiger charge is -1.90. The number of rotatable bonds is 6. The van der Waals surface area contributed by atoms with Gasteiger partial charge in [0.05, 0.1) is 0 Å². The van der Waals surface area contributed by atoms with Crippen molar-refractivity contribution >= 4 is 5.91 Å². The molecule has 0 aliphatic rings. The molecule has 0 unspecified atom stereocenters. The summed E-state index contributed by atoms with van der Waals surface area (Å²) in [5.74, 6) is -0.0329. The second-order valence-corrected chi connectivity index (χ2v) is 2.90. The number of nitrogens with one attached hydrogen (secondary N) is 1. The van der Waals surface area contributed by atoms with Gasteiger partial charge in [-0.1, -0.05) is 30.4 Å². The van der Waals surface area contributed by atoms with Crippen LogP contribution >= 0.6 is 0 Å². The summed E-state index contributed by atoms with van der Waals surface area (Å²) in [6.45, 7) is 2.00. The molecule has 0 spiro atoms. The molecule has 0 aromatic carbocycles. The van der Waals surface area contributed by atoms with E-state index in [9.17, 15) is 4.79 Å². The molecule has 0 bridgehead atoms. The molecular formula is C12H19NO. The van der Waals surface area contributed by atoms with Gasteiger partial charge < -0.3 is 5.32 Å². The molecule has 0 aliphatic heterocycles. The Labute approximate surface area is 86.4 Å². The number of hydrogen-bond acceptors (Lipinski definition) is 1. The lowest BCUT2D eigenvalue weighted by molar-refractivity contribution is -0.116. The van der Waals surface area contributed by atoms with Crippen molar-refractivity contribution in [1.29, 1.82) is 0 Å². The van der Waals surface area contributed by atoms with E-state index in [2.05, 4.69) is 11.4 Å². The van der Waals surface area contributed by atoms with Crippen LogP contribution in [0.15, 0.2) is 36.5 Å². The van der Waals surface area contributed by atoms with Crippen molar-refractivity contribution < 1.29 is 4.79 Å². The van der Waals surface area contributed by atoms with Gasteiger partial charge in [0.15, 0.2) is 0 Å². The van der Waals surface area contributed by atoms with Gasteiger partial charge in [0.1, 0.15) is 0 Å². The maximum absolute atomic E-state index is 10.8. The third-order valence-electron chi connectivity index (χ3n) is 1.70. The van der Waals surface area contributed by atoms with Crippen LogP contribution in [0.2, 0.25) is 0 Å². The summed E-state index contributed by atoms with van der Waals surface area (Å²) in [5, 5.41) is 2.53. The fourth-order valence-electron chi connectivity index (χ4n) is 0.913. The number of hydrogen-bond donors (Lipinski definition) is 1. The SMILES string of the molecule is CC=CC=CCCCC=CC(=O)NC. The Balaban J connectivity index is 3.38. The minimum atomic E-state index is -0.0329. The van der Waals surface area contributed by atoms with E-state index in [0.717, 1.165) is 19.3 Å². The lowest BCUT2D eigenvalue weighted by Crippen LogP contribution is -2.13. The van der Waals surface area contributed by atoms with E-state index in [0.29, 0.717) is 0 Å². The average Bonchev–Trinajstić information content (AvgIpc) is 2.21. The minimum absolute atomic E-state index is 0.0329. The van der Waals surface area contributed by atoms with Crippen molar-refractivity contribution in [2.45, 2.75) is 26.2 Å². The minimum Gasteiger partial charge on any atom is -0.356 e. The van der Waals surface area contributed by atoms with E-state index >= 15 is 0 Å². The van der Waals surface area contributed by atoms with Gasteiger partial charge in [-0.2, -0.15) is 0 Å². The molecule has 1 amide bonds. The first-order valence-electron chi connectivity index (χ1n) is 4.97. The van der Waals surface area contributed by atoms with Crippen molar-refractivity contribution in [2.75, 3.05) is 7.05 Å². The van der Waals surface area contributed by atoms with Crippen molar-refractivity contribution in [3.05, 3.63) is 36.5 Å². The van der Waals surface area contributed by atoms with Crippen LogP contribution in [-0.4, -0.2) is 13.0 Å². The maximum atomic E-state index is 10.8. The average molecular weight is 193 g/mol. The zero-order chi connectivity index (χ0) is 10.6. The van der Waals surface area contributed by atoms with Gasteiger partial charge in [-0.15, -0.1) is 0 Å². The molecule has 0 aromatic heterocycles. The molecule has 0 aliphatic carbocycles. The Kier molecular flexibility index (Phi) is 8.86. The number of unbranched alkanes of at least 4 members (excludes halogenated alkanes) is 2. The summed E-state index contributed by atoms with van der Waals surface area (Å²) in [5.41, 5.74) is 0. The number of likely N-dealkylation sites (N-methyl/N-ethyl adjacent to an activating group) is 1. The molecule has 0 saturated carbocycles. The molecule has 0 aromatic rings. The van der Waals surface area contributed by atoms with Crippen LogP contribution < -0.4 is 5.32 Å². The Bertz CT molecular complexity index is 226. The molecule has 0 radical (unpaired) electrons. The predicted octanol–water partition coefficient (Wildman–Crippen LogP) is 2.59. The molecule has 78 valence electrons. The predicted molar refractivity (Wildman–Crippen MR) is 61.0 cm³/mol. The monoisotopic (exact) mass is 193 g/mol. The quantitative estimate of drug-likeness (QED) is 0.392. The van der Waals surface area contributed by atoms with Crippen molar-refractivity contribution in [3.63, 3.8) is 0 Å². The van der Waals surface area contributed by atoms with Crippen molar-refractivity contribution in [1.82, 2.24) is 5.32 Å². The number of carbonyl (C=O) groups excluding carboxylic acids is 1. The summed E-state index contributed by atoms with van der Waals surface area (Å²) < 4.78 is 0. The fourth-order valence-corrected chi connectivity index (χ4v) is 0.913. The first-order chi connectivity index (χ1) is 6.81. The summed E-state index contributed by atoms with van der Waals surface area (Å²) in [6.07, 6.45) is 14.8. The lowest BCUT2D eigenvalue weighted by atomic mass is 10.2. The zero-order valence-corrected chi connectivity index (χ0v) is 8.99. The van der Waals surface area contributed by atoms with Crippen molar-refractivity contribution in [2.24, 2.45) is 0 Å². The van der Waals surface area contributed by atoms with Gasteiger partial charge in [0.25, 0.3) is 0 Å². The molecule has 2 nitrogen and oxygen atoms in total. The smallest absolute Gasteiger partial charge is 0.243 e. The molecule has 14 heavy (non-hydrogen) atoms. The molecule has 2 heteroatoms. The Hall–Kier alpha value is -1.31. The summed E-state index contributed by atoms with van der Waals surface area (Å²) in [4.78, 5) is 10.8. The van der Waals surface area contributed by atoms with Gasteiger partial charge in [0.2, 0.25) is 5.91 Å². The van der Waals surface area contributed by atoms with E-state index in [1.165, 1.54) is 0 Å². The van der Waals surface area contributed by atoms with Gasteiger partial charge in [-0.3, -0.25) is 4.79 Å². The van der Waals surface area contributed by atoms with Crippen LogP contribution in [0.4, 0.5) is 0 Å². The maximum Gasteiger partial charge on any atom is 0.243 e. The third-order valence-corrected chi connectivity index (χ3v) is 1.70. The second kappa shape index (κ2) is 9.78. The Morgan fingerprint density at radius 1 is 1.21 bits per heavy atom. The van der Waals surface area contributed by atoms with Crippen LogP contribution in [0.25, 0.3) is 0 Å². The van der Waals surface area contributed by atoms with Crippen LogP contribution in [0.3, 0.4) is 0 Å². The van der Waals surface area contributed by atoms with Gasteiger partial charge in [-0.05, 0) is 32.3 Å².